The lowest BCUT2D eigenvalue weighted by Gasteiger charge is -2.34. The van der Waals surface area contributed by atoms with Crippen molar-refractivity contribution in [3.05, 3.63) is 65.4 Å². The number of nitrogens with zero attached hydrogens (tertiary/aromatic N) is 1. The van der Waals surface area contributed by atoms with Crippen LogP contribution in [0.2, 0.25) is 0 Å². The van der Waals surface area contributed by atoms with Gasteiger partial charge in [-0.3, -0.25) is 9.10 Å². The summed E-state index contributed by atoms with van der Waals surface area (Å²) in [5, 5.41) is 9.60. The Morgan fingerprint density at radius 1 is 1.08 bits per heavy atom. The fraction of sp³-hybridized carbons (Fsp3) is 0.167. The van der Waals surface area contributed by atoms with Gasteiger partial charge in [0.05, 0.1) is 4.90 Å². The summed E-state index contributed by atoms with van der Waals surface area (Å²) in [4.78, 5) is 12.9. The normalized spacial score (nSPS) is 18.0. The highest BCUT2D eigenvalue weighted by atomic mass is 32.2. The monoisotopic (exact) mass is 343 g/mol. The Kier molecular flexibility index (Phi) is 3.93. The van der Waals surface area contributed by atoms with Gasteiger partial charge in [-0.2, -0.15) is 0 Å². The second-order valence-electron chi connectivity index (χ2n) is 5.84. The van der Waals surface area contributed by atoms with Crippen LogP contribution in [0.15, 0.2) is 59.1 Å². The van der Waals surface area contributed by atoms with Gasteiger partial charge in [0.25, 0.3) is 10.0 Å². The van der Waals surface area contributed by atoms with Crippen LogP contribution in [0.5, 0.6) is 5.75 Å². The molecule has 0 saturated carbocycles. The Labute approximate surface area is 140 Å². The molecule has 0 radical (unpaired) electrons. The van der Waals surface area contributed by atoms with E-state index >= 15 is 0 Å². The highest BCUT2D eigenvalue weighted by molar-refractivity contribution is 7.89. The molecule has 124 valence electrons. The molecule has 0 aliphatic carbocycles. The minimum Gasteiger partial charge on any atom is -0.508 e. The van der Waals surface area contributed by atoms with Crippen LogP contribution >= 0.6 is 0 Å². The SMILES string of the molecule is CC(C)N1/C(=C\c2cccc(O)c2)C(=O)c2ccccc2S1(=O)=O. The molecule has 5 nitrogen and oxygen atoms in total. The molecular weight excluding hydrogens is 326 g/mol. The Morgan fingerprint density at radius 3 is 2.46 bits per heavy atom. The fourth-order valence-electron chi connectivity index (χ4n) is 2.81. The van der Waals surface area contributed by atoms with Crippen LogP contribution in [0.3, 0.4) is 0 Å². The average molecular weight is 343 g/mol. The van der Waals surface area contributed by atoms with E-state index in [4.69, 9.17) is 0 Å². The van der Waals surface area contributed by atoms with E-state index in [1.54, 1.807) is 38.1 Å². The molecule has 0 aromatic heterocycles. The van der Waals surface area contributed by atoms with Gasteiger partial charge in [0.1, 0.15) is 11.4 Å². The van der Waals surface area contributed by atoms with Gasteiger partial charge in [-0.25, -0.2) is 8.42 Å². The van der Waals surface area contributed by atoms with Crippen molar-refractivity contribution in [3.63, 3.8) is 0 Å². The number of sulfonamides is 1. The second-order valence-corrected chi connectivity index (χ2v) is 7.63. The third-order valence-corrected chi connectivity index (χ3v) is 5.83. The Hall–Kier alpha value is -2.60. The van der Waals surface area contributed by atoms with Crippen molar-refractivity contribution in [3.8, 4) is 5.75 Å². The molecule has 3 rings (SSSR count). The van der Waals surface area contributed by atoms with E-state index < -0.39 is 16.1 Å². The number of carbonyl (C=O) groups is 1. The lowest BCUT2D eigenvalue weighted by Crippen LogP contribution is -2.43. The van der Waals surface area contributed by atoms with Crippen molar-refractivity contribution < 1.29 is 18.3 Å². The predicted octanol–water partition coefficient (Wildman–Crippen LogP) is 3.03. The number of benzene rings is 2. The molecule has 0 spiro atoms. The van der Waals surface area contributed by atoms with E-state index in [0.29, 0.717) is 5.56 Å². The predicted molar refractivity (Wildman–Crippen MR) is 91.0 cm³/mol. The van der Waals surface area contributed by atoms with Crippen LogP contribution in [0.4, 0.5) is 0 Å². The molecule has 24 heavy (non-hydrogen) atoms. The summed E-state index contributed by atoms with van der Waals surface area (Å²) in [5.41, 5.74) is 0.800. The maximum atomic E-state index is 12.9. The number of aromatic hydroxyl groups is 1. The maximum Gasteiger partial charge on any atom is 0.265 e. The van der Waals surface area contributed by atoms with Crippen LogP contribution in [0.1, 0.15) is 29.8 Å². The van der Waals surface area contributed by atoms with Crippen molar-refractivity contribution in [1.29, 1.82) is 0 Å². The molecule has 0 atom stereocenters. The van der Waals surface area contributed by atoms with Gasteiger partial charge in [-0.15, -0.1) is 0 Å². The van der Waals surface area contributed by atoms with Crippen LogP contribution in [0.25, 0.3) is 6.08 Å². The number of fused-ring (bicyclic) bond motifs is 1. The van der Waals surface area contributed by atoms with Crippen LogP contribution in [0, 0.1) is 0 Å². The first kappa shape index (κ1) is 16.3. The van der Waals surface area contributed by atoms with E-state index in [-0.39, 0.29) is 27.7 Å². The third kappa shape index (κ3) is 2.59. The summed E-state index contributed by atoms with van der Waals surface area (Å²) < 4.78 is 27.0. The second kappa shape index (κ2) is 5.79. The molecule has 6 heteroatoms. The van der Waals surface area contributed by atoms with Gasteiger partial charge in [-0.05, 0) is 49.8 Å². The number of allylic oxidation sites excluding steroid dienone is 1. The van der Waals surface area contributed by atoms with Crippen LogP contribution in [-0.4, -0.2) is 29.7 Å². The number of hydrogen-bond donors (Lipinski definition) is 1. The minimum absolute atomic E-state index is 0.0248. The number of ketones is 1. The molecule has 0 saturated heterocycles. The van der Waals surface area contributed by atoms with Crippen molar-refractivity contribution in [2.45, 2.75) is 24.8 Å². The van der Waals surface area contributed by atoms with Crippen LogP contribution < -0.4 is 0 Å². The Morgan fingerprint density at radius 2 is 1.79 bits per heavy atom. The highest BCUT2D eigenvalue weighted by Crippen LogP contribution is 2.34. The molecule has 0 unspecified atom stereocenters. The largest absolute Gasteiger partial charge is 0.508 e. The molecule has 1 aliphatic heterocycles. The van der Waals surface area contributed by atoms with Gasteiger partial charge in [0.2, 0.25) is 5.78 Å². The summed E-state index contributed by atoms with van der Waals surface area (Å²) in [6.07, 6.45) is 1.50. The maximum absolute atomic E-state index is 12.9. The van der Waals surface area contributed by atoms with E-state index in [9.17, 15) is 18.3 Å². The molecule has 2 aromatic carbocycles. The van der Waals surface area contributed by atoms with E-state index in [1.165, 1.54) is 30.3 Å². The van der Waals surface area contributed by atoms with Crippen molar-refractivity contribution in [2.24, 2.45) is 0 Å². The molecule has 2 aromatic rings. The molecular formula is C18H17NO4S. The molecule has 0 fully saturated rings. The summed E-state index contributed by atoms with van der Waals surface area (Å²) >= 11 is 0. The van der Waals surface area contributed by atoms with Gasteiger partial charge in [0, 0.05) is 11.6 Å². The van der Waals surface area contributed by atoms with Gasteiger partial charge >= 0.3 is 0 Å². The zero-order valence-corrected chi connectivity index (χ0v) is 14.1. The first-order chi connectivity index (χ1) is 11.3. The summed E-state index contributed by atoms with van der Waals surface area (Å²) in [6.45, 7) is 3.43. The van der Waals surface area contributed by atoms with E-state index in [1.807, 2.05) is 0 Å². The number of phenolic OH excluding ortho intramolecular Hbond substituents is 1. The molecule has 1 aliphatic rings. The van der Waals surface area contributed by atoms with E-state index in [0.717, 1.165) is 4.31 Å². The highest BCUT2D eigenvalue weighted by Gasteiger charge is 2.40. The standard InChI is InChI=1S/C18H17NO4S/c1-12(2)19-16(11-13-6-5-7-14(20)10-13)18(21)15-8-3-4-9-17(15)24(19,22)23/h3-12,20H,1-2H3/b16-11-. The summed E-state index contributed by atoms with van der Waals surface area (Å²) in [6, 6.07) is 12.1. The third-order valence-electron chi connectivity index (χ3n) is 3.78. The van der Waals surface area contributed by atoms with Crippen molar-refractivity contribution >= 4 is 21.9 Å². The summed E-state index contributed by atoms with van der Waals surface area (Å²) in [7, 11) is -3.81. The Bertz CT molecular complexity index is 945. The van der Waals surface area contributed by atoms with Gasteiger partial charge in [-0.1, -0.05) is 24.3 Å². The number of carbonyl (C=O) groups excluding carboxylic acids is 1. The fourth-order valence-corrected chi connectivity index (χ4v) is 4.66. The first-order valence-electron chi connectivity index (χ1n) is 7.51. The number of phenols is 1. The number of Topliss-reactive ketones (excluding diaryl/α,β-unsaturated/α-hetero) is 1. The van der Waals surface area contributed by atoms with E-state index in [2.05, 4.69) is 0 Å². The minimum atomic E-state index is -3.81. The molecule has 1 heterocycles. The number of hydrogen-bond acceptors (Lipinski definition) is 4. The van der Waals surface area contributed by atoms with Crippen molar-refractivity contribution in [2.75, 3.05) is 0 Å². The summed E-state index contributed by atoms with van der Waals surface area (Å²) in [5.74, 6) is -0.301. The zero-order chi connectivity index (χ0) is 17.5. The smallest absolute Gasteiger partial charge is 0.265 e. The lowest BCUT2D eigenvalue weighted by molar-refractivity contribution is 0.0996. The quantitative estimate of drug-likeness (QED) is 0.851. The van der Waals surface area contributed by atoms with Crippen molar-refractivity contribution in [1.82, 2.24) is 4.31 Å². The van der Waals surface area contributed by atoms with Crippen LogP contribution in [-0.2, 0) is 10.0 Å². The zero-order valence-electron chi connectivity index (χ0n) is 13.3. The first-order valence-corrected chi connectivity index (χ1v) is 8.95. The number of rotatable bonds is 2. The lowest BCUT2D eigenvalue weighted by atomic mass is 10.0. The molecule has 0 bridgehead atoms. The average Bonchev–Trinajstić information content (AvgIpc) is 2.52. The topological polar surface area (TPSA) is 74.7 Å². The van der Waals surface area contributed by atoms with Gasteiger partial charge in [0.15, 0.2) is 0 Å². The Balaban J connectivity index is 2.27. The van der Waals surface area contributed by atoms with Gasteiger partial charge < -0.3 is 5.11 Å². The molecule has 0 amide bonds. The molecule has 1 N–H and O–H groups in total.